The second-order valence-corrected chi connectivity index (χ2v) is 6.69. The van der Waals surface area contributed by atoms with Gasteiger partial charge in [-0.05, 0) is 44.6 Å². The lowest BCUT2D eigenvalue weighted by molar-refractivity contribution is -0.140. The minimum absolute atomic E-state index is 0.0929. The van der Waals surface area contributed by atoms with Crippen LogP contribution >= 0.6 is 0 Å². The predicted molar refractivity (Wildman–Crippen MR) is 94.1 cm³/mol. The van der Waals surface area contributed by atoms with Gasteiger partial charge in [-0.25, -0.2) is 0 Å². The van der Waals surface area contributed by atoms with Gasteiger partial charge in [-0.2, -0.15) is 0 Å². The number of nitrogens with one attached hydrogen (secondary N) is 1. The number of allylic oxidation sites excluding steroid dienone is 1. The molecule has 1 heterocycles. The molecule has 0 spiro atoms. The second kappa shape index (κ2) is 7.20. The molecule has 4 nitrogen and oxygen atoms in total. The van der Waals surface area contributed by atoms with Crippen molar-refractivity contribution in [1.29, 1.82) is 0 Å². The predicted octanol–water partition coefficient (Wildman–Crippen LogP) is 3.04. The van der Waals surface area contributed by atoms with E-state index in [0.29, 0.717) is 25.9 Å². The minimum atomic E-state index is -0.501. The van der Waals surface area contributed by atoms with Crippen LogP contribution in [0.1, 0.15) is 44.6 Å². The molecule has 1 aliphatic carbocycles. The normalized spacial score (nSPS) is 23.5. The van der Waals surface area contributed by atoms with E-state index >= 15 is 0 Å². The van der Waals surface area contributed by atoms with Crippen LogP contribution in [0, 0.1) is 5.41 Å². The Morgan fingerprint density at radius 1 is 1.25 bits per heavy atom. The summed E-state index contributed by atoms with van der Waals surface area (Å²) in [5.41, 5.74) is 1.67. The molecule has 4 heteroatoms. The van der Waals surface area contributed by atoms with Gasteiger partial charge >= 0.3 is 0 Å². The first-order chi connectivity index (χ1) is 11.7. The molecule has 24 heavy (non-hydrogen) atoms. The smallest absolute Gasteiger partial charge is 0.232 e. The highest BCUT2D eigenvalue weighted by molar-refractivity contribution is 5.91. The van der Waals surface area contributed by atoms with Gasteiger partial charge in [0.25, 0.3) is 0 Å². The quantitative estimate of drug-likeness (QED) is 0.904. The highest BCUT2D eigenvalue weighted by Gasteiger charge is 2.48. The molecule has 1 aromatic rings. The van der Waals surface area contributed by atoms with Crippen molar-refractivity contribution in [1.82, 2.24) is 10.2 Å². The first kappa shape index (κ1) is 16.7. The molecule has 1 unspecified atom stereocenters. The Balaban J connectivity index is 1.70. The number of amides is 2. The summed E-state index contributed by atoms with van der Waals surface area (Å²) in [6.45, 7) is 3.26. The molecule has 128 valence electrons. The fourth-order valence-corrected chi connectivity index (χ4v) is 4.00. The number of nitrogens with zero attached hydrogens (tertiary/aromatic N) is 1. The third kappa shape index (κ3) is 3.10. The van der Waals surface area contributed by atoms with Gasteiger partial charge in [0.05, 0.1) is 5.41 Å². The van der Waals surface area contributed by atoms with Crippen molar-refractivity contribution in [2.45, 2.75) is 45.4 Å². The van der Waals surface area contributed by atoms with Crippen LogP contribution in [0.3, 0.4) is 0 Å². The average molecular weight is 326 g/mol. The van der Waals surface area contributed by atoms with Gasteiger partial charge in [0, 0.05) is 25.2 Å². The molecule has 1 aromatic carbocycles. The Morgan fingerprint density at radius 3 is 2.79 bits per heavy atom. The van der Waals surface area contributed by atoms with Crippen molar-refractivity contribution >= 4 is 11.8 Å². The van der Waals surface area contributed by atoms with E-state index in [-0.39, 0.29) is 11.8 Å². The molecule has 1 atom stereocenters. The number of carbonyl (C=O) groups excluding carboxylic acids is 2. The SMILES string of the molecule is CCN1C(=O)CCC2(C(=O)NCCc3ccccc3)CCCC=C12. The van der Waals surface area contributed by atoms with Crippen LogP contribution in [0.4, 0.5) is 0 Å². The summed E-state index contributed by atoms with van der Waals surface area (Å²) in [5, 5.41) is 3.13. The van der Waals surface area contributed by atoms with E-state index in [1.807, 2.05) is 30.0 Å². The van der Waals surface area contributed by atoms with E-state index in [0.717, 1.165) is 31.4 Å². The maximum Gasteiger partial charge on any atom is 0.232 e. The molecule has 0 radical (unpaired) electrons. The summed E-state index contributed by atoms with van der Waals surface area (Å²) in [4.78, 5) is 27.0. The second-order valence-electron chi connectivity index (χ2n) is 6.69. The fourth-order valence-electron chi connectivity index (χ4n) is 4.00. The molecule has 0 aromatic heterocycles. The van der Waals surface area contributed by atoms with Gasteiger partial charge in [-0.15, -0.1) is 0 Å². The molecule has 3 rings (SSSR count). The lowest BCUT2D eigenvalue weighted by Gasteiger charge is -2.45. The lowest BCUT2D eigenvalue weighted by Crippen LogP contribution is -2.53. The largest absolute Gasteiger partial charge is 0.355 e. The van der Waals surface area contributed by atoms with E-state index in [9.17, 15) is 9.59 Å². The molecular formula is C20H26N2O2. The number of benzene rings is 1. The zero-order valence-electron chi connectivity index (χ0n) is 14.4. The van der Waals surface area contributed by atoms with Crippen molar-refractivity contribution in [3.63, 3.8) is 0 Å². The minimum Gasteiger partial charge on any atom is -0.355 e. The Labute approximate surface area is 143 Å². The van der Waals surface area contributed by atoms with Crippen molar-refractivity contribution in [3.05, 3.63) is 47.7 Å². The molecule has 2 amide bonds. The highest BCUT2D eigenvalue weighted by Crippen LogP contribution is 2.46. The van der Waals surface area contributed by atoms with Gasteiger partial charge < -0.3 is 10.2 Å². The monoisotopic (exact) mass is 326 g/mol. The Hall–Kier alpha value is -2.10. The number of hydrogen-bond donors (Lipinski definition) is 1. The molecule has 1 N–H and O–H groups in total. The van der Waals surface area contributed by atoms with Crippen LogP contribution in [0.5, 0.6) is 0 Å². The first-order valence-electron chi connectivity index (χ1n) is 9.00. The van der Waals surface area contributed by atoms with E-state index in [1.165, 1.54) is 5.56 Å². The third-order valence-electron chi connectivity index (χ3n) is 5.29. The van der Waals surface area contributed by atoms with Crippen LogP contribution in [-0.2, 0) is 16.0 Å². The summed E-state index contributed by atoms with van der Waals surface area (Å²) in [6, 6.07) is 10.2. The van der Waals surface area contributed by atoms with Crippen molar-refractivity contribution in [3.8, 4) is 0 Å². The summed E-state index contributed by atoms with van der Waals surface area (Å²) in [6.07, 6.45) is 6.88. The number of fused-ring (bicyclic) bond motifs is 1. The number of likely N-dealkylation sites (tertiary alicyclic amines) is 1. The van der Waals surface area contributed by atoms with Crippen molar-refractivity contribution in [2.24, 2.45) is 5.41 Å². The van der Waals surface area contributed by atoms with Crippen LogP contribution in [0.2, 0.25) is 0 Å². The van der Waals surface area contributed by atoms with E-state index < -0.39 is 5.41 Å². The molecule has 1 aliphatic heterocycles. The molecule has 2 aliphatic rings. The summed E-state index contributed by atoms with van der Waals surface area (Å²) in [5.74, 6) is 0.244. The Kier molecular flexibility index (Phi) is 5.03. The van der Waals surface area contributed by atoms with Gasteiger partial charge in [0.1, 0.15) is 0 Å². The van der Waals surface area contributed by atoms with Crippen LogP contribution < -0.4 is 5.32 Å². The van der Waals surface area contributed by atoms with Crippen LogP contribution in [-0.4, -0.2) is 29.8 Å². The maximum atomic E-state index is 13.0. The highest BCUT2D eigenvalue weighted by atomic mass is 16.2. The zero-order chi connectivity index (χ0) is 17.0. The zero-order valence-corrected chi connectivity index (χ0v) is 14.4. The van der Waals surface area contributed by atoms with Gasteiger partial charge in [0.15, 0.2) is 0 Å². The van der Waals surface area contributed by atoms with Gasteiger partial charge in [-0.1, -0.05) is 36.4 Å². The summed E-state index contributed by atoms with van der Waals surface area (Å²) >= 11 is 0. The fraction of sp³-hybridized carbons (Fsp3) is 0.500. The number of hydrogen-bond acceptors (Lipinski definition) is 2. The molecule has 1 fully saturated rings. The lowest BCUT2D eigenvalue weighted by atomic mass is 9.69. The number of piperidine rings is 1. The van der Waals surface area contributed by atoms with Gasteiger partial charge in [0.2, 0.25) is 11.8 Å². The molecule has 0 bridgehead atoms. The number of rotatable bonds is 5. The Morgan fingerprint density at radius 2 is 2.04 bits per heavy atom. The summed E-state index contributed by atoms with van der Waals surface area (Å²) in [7, 11) is 0. The first-order valence-corrected chi connectivity index (χ1v) is 9.00. The summed E-state index contributed by atoms with van der Waals surface area (Å²) < 4.78 is 0. The Bertz CT molecular complexity index is 638. The van der Waals surface area contributed by atoms with Crippen LogP contribution in [0.25, 0.3) is 0 Å². The molecule has 0 saturated carbocycles. The number of carbonyl (C=O) groups is 2. The van der Waals surface area contributed by atoms with E-state index in [4.69, 9.17) is 0 Å². The van der Waals surface area contributed by atoms with E-state index in [2.05, 4.69) is 23.5 Å². The third-order valence-corrected chi connectivity index (χ3v) is 5.29. The van der Waals surface area contributed by atoms with E-state index in [1.54, 1.807) is 0 Å². The van der Waals surface area contributed by atoms with Crippen LogP contribution in [0.15, 0.2) is 42.1 Å². The van der Waals surface area contributed by atoms with Gasteiger partial charge in [-0.3, -0.25) is 9.59 Å². The van der Waals surface area contributed by atoms with Crippen molar-refractivity contribution in [2.75, 3.05) is 13.1 Å². The van der Waals surface area contributed by atoms with Crippen molar-refractivity contribution < 1.29 is 9.59 Å². The maximum absolute atomic E-state index is 13.0. The molecule has 1 saturated heterocycles. The standard InChI is InChI=1S/C20H26N2O2/c1-2-22-17-10-6-7-13-20(17,14-11-18(22)23)19(24)21-15-12-16-8-4-3-5-9-16/h3-5,8-10H,2,6-7,11-15H2,1H3,(H,21,24). The average Bonchev–Trinajstić information content (AvgIpc) is 2.62. The molecular weight excluding hydrogens is 300 g/mol. The topological polar surface area (TPSA) is 49.4 Å².